The number of para-hydroxylation sites is 3. The van der Waals surface area contributed by atoms with E-state index in [1.807, 2.05) is 0 Å². The first kappa shape index (κ1) is 39.7. The molecule has 14 rings (SSSR count). The van der Waals surface area contributed by atoms with Gasteiger partial charge in [0.1, 0.15) is 0 Å². The van der Waals surface area contributed by atoms with Gasteiger partial charge in [0.15, 0.2) is 0 Å². The van der Waals surface area contributed by atoms with Crippen molar-refractivity contribution in [1.82, 2.24) is 9.13 Å². The van der Waals surface area contributed by atoms with E-state index in [2.05, 4.69) is 266 Å². The first-order valence-electron chi connectivity index (χ1n) is 24.3. The minimum absolute atomic E-state index is 0.0904. The molecular formula is C66H49N3. The molecule has 0 bridgehead atoms. The number of hydrogen-bond donors (Lipinski definition) is 0. The minimum Gasteiger partial charge on any atom is -0.310 e. The fourth-order valence-corrected chi connectivity index (χ4v) is 12.4. The fourth-order valence-electron chi connectivity index (χ4n) is 12.4. The second-order valence-electron chi connectivity index (χ2n) is 20.1. The van der Waals surface area contributed by atoms with Crippen molar-refractivity contribution >= 4 is 60.7 Å². The van der Waals surface area contributed by atoms with Crippen molar-refractivity contribution in [1.29, 1.82) is 0 Å². The van der Waals surface area contributed by atoms with Gasteiger partial charge in [0.25, 0.3) is 0 Å². The van der Waals surface area contributed by atoms with Crippen molar-refractivity contribution < 1.29 is 0 Å². The summed E-state index contributed by atoms with van der Waals surface area (Å²) in [6, 6.07) is 83.5. The minimum atomic E-state index is -0.198. The number of rotatable bonds is 6. The largest absolute Gasteiger partial charge is 0.310 e. The molecule has 0 saturated heterocycles. The summed E-state index contributed by atoms with van der Waals surface area (Å²) in [5, 5.41) is 5.06. The lowest BCUT2D eigenvalue weighted by molar-refractivity contribution is 0.660. The van der Waals surface area contributed by atoms with E-state index in [9.17, 15) is 0 Å². The summed E-state index contributed by atoms with van der Waals surface area (Å²) in [6.45, 7) is 9.50. The molecule has 0 radical (unpaired) electrons. The molecule has 0 unspecified atom stereocenters. The van der Waals surface area contributed by atoms with Gasteiger partial charge in [-0.25, -0.2) is 0 Å². The number of hydrogen-bond acceptors (Lipinski definition) is 1. The first-order chi connectivity index (χ1) is 33.8. The van der Waals surface area contributed by atoms with Crippen LogP contribution < -0.4 is 4.90 Å². The first-order valence-corrected chi connectivity index (χ1v) is 24.3. The van der Waals surface area contributed by atoms with Crippen molar-refractivity contribution in [3.63, 3.8) is 0 Å². The van der Waals surface area contributed by atoms with Crippen LogP contribution in [0.5, 0.6) is 0 Å². The van der Waals surface area contributed by atoms with Gasteiger partial charge in [-0.05, 0) is 147 Å². The molecule has 69 heavy (non-hydrogen) atoms. The average molecular weight is 884 g/mol. The van der Waals surface area contributed by atoms with Gasteiger partial charge >= 0.3 is 0 Å². The van der Waals surface area contributed by atoms with Crippen molar-refractivity contribution in [3.8, 4) is 44.8 Å². The van der Waals surface area contributed by atoms with E-state index >= 15 is 0 Å². The van der Waals surface area contributed by atoms with Crippen molar-refractivity contribution in [3.05, 3.63) is 247 Å². The fraction of sp³-hybridized carbons (Fsp3) is 0.0909. The van der Waals surface area contributed by atoms with Crippen LogP contribution in [0.2, 0.25) is 0 Å². The van der Waals surface area contributed by atoms with Crippen molar-refractivity contribution in [2.45, 2.75) is 38.5 Å². The standard InChI is InChI=1S/C66H49N3/c1-65(2)56-24-12-9-20-49(56)53-40-55-54-39-43(31-38-61(54)69(63(55)41-58(53)65)44-17-6-5-7-18-44)42-29-32-45(33-30-42)67(62-28-16-23-52-48-19-8-13-25-57(48)66(3,4)64(52)62)46-34-36-47(37-35-46)68-59-26-14-10-21-50(59)51-22-11-15-27-60(51)68/h5-41H,1-4H3. The van der Waals surface area contributed by atoms with E-state index < -0.39 is 0 Å². The molecule has 2 aliphatic rings. The zero-order valence-electron chi connectivity index (χ0n) is 39.2. The molecule has 12 aromatic rings. The van der Waals surface area contributed by atoms with E-state index in [0.29, 0.717) is 0 Å². The highest BCUT2D eigenvalue weighted by Gasteiger charge is 2.39. The lowest BCUT2D eigenvalue weighted by atomic mass is 9.81. The summed E-state index contributed by atoms with van der Waals surface area (Å²) in [5.74, 6) is 0. The van der Waals surface area contributed by atoms with E-state index in [-0.39, 0.29) is 10.8 Å². The predicted molar refractivity (Wildman–Crippen MR) is 290 cm³/mol. The highest BCUT2D eigenvalue weighted by Crippen LogP contribution is 2.55. The number of aromatic nitrogens is 2. The highest BCUT2D eigenvalue weighted by molar-refractivity contribution is 6.13. The van der Waals surface area contributed by atoms with Crippen LogP contribution in [-0.4, -0.2) is 9.13 Å². The Balaban J connectivity index is 0.918. The Morgan fingerprint density at radius 1 is 0.319 bits per heavy atom. The monoisotopic (exact) mass is 883 g/mol. The van der Waals surface area contributed by atoms with E-state index in [0.717, 1.165) is 17.1 Å². The van der Waals surface area contributed by atoms with Crippen molar-refractivity contribution in [2.75, 3.05) is 4.90 Å². The van der Waals surface area contributed by atoms with Crippen LogP contribution in [0.3, 0.4) is 0 Å². The molecule has 0 spiro atoms. The second kappa shape index (κ2) is 14.6. The third kappa shape index (κ3) is 5.68. The summed E-state index contributed by atoms with van der Waals surface area (Å²) < 4.78 is 4.86. The van der Waals surface area contributed by atoms with Crippen LogP contribution in [-0.2, 0) is 10.8 Å². The molecule has 0 aliphatic heterocycles. The van der Waals surface area contributed by atoms with Gasteiger partial charge in [0.2, 0.25) is 0 Å². The predicted octanol–water partition coefficient (Wildman–Crippen LogP) is 17.6. The highest BCUT2D eigenvalue weighted by atomic mass is 15.1. The van der Waals surface area contributed by atoms with Crippen LogP contribution in [0, 0.1) is 0 Å². The number of benzene rings is 10. The van der Waals surface area contributed by atoms with Crippen LogP contribution in [0.4, 0.5) is 17.1 Å². The number of anilines is 3. The zero-order chi connectivity index (χ0) is 46.2. The molecular weight excluding hydrogens is 835 g/mol. The molecule has 0 amide bonds. The third-order valence-electron chi connectivity index (χ3n) is 15.7. The Morgan fingerprint density at radius 2 is 0.826 bits per heavy atom. The van der Waals surface area contributed by atoms with Gasteiger partial charge in [0.05, 0.1) is 27.8 Å². The molecule has 328 valence electrons. The zero-order valence-corrected chi connectivity index (χ0v) is 39.2. The lowest BCUT2D eigenvalue weighted by Crippen LogP contribution is -2.20. The summed E-state index contributed by atoms with van der Waals surface area (Å²) in [4.78, 5) is 2.47. The van der Waals surface area contributed by atoms with Gasteiger partial charge in [0, 0.05) is 55.1 Å². The Labute approximate surface area is 402 Å². The molecule has 3 heteroatoms. The second-order valence-corrected chi connectivity index (χ2v) is 20.1. The molecule has 0 fully saturated rings. The molecule has 0 N–H and O–H groups in total. The number of nitrogens with zero attached hydrogens (tertiary/aromatic N) is 3. The maximum atomic E-state index is 2.47. The molecule has 10 aromatic carbocycles. The van der Waals surface area contributed by atoms with Crippen LogP contribution in [0.15, 0.2) is 224 Å². The van der Waals surface area contributed by atoms with Gasteiger partial charge in [-0.2, -0.15) is 0 Å². The van der Waals surface area contributed by atoms with Gasteiger partial charge in [-0.3, -0.25) is 0 Å². The van der Waals surface area contributed by atoms with Gasteiger partial charge in [-0.1, -0.05) is 161 Å². The van der Waals surface area contributed by atoms with E-state index in [1.54, 1.807) is 0 Å². The average Bonchev–Trinajstić information content (AvgIpc) is 4.05. The molecule has 3 nitrogen and oxygen atoms in total. The van der Waals surface area contributed by atoms with Crippen LogP contribution in [0.1, 0.15) is 49.9 Å². The normalized spacial score (nSPS) is 14.0. The molecule has 2 aliphatic carbocycles. The van der Waals surface area contributed by atoms with Gasteiger partial charge in [-0.15, -0.1) is 0 Å². The Bertz CT molecular complexity index is 4000. The summed E-state index contributed by atoms with van der Waals surface area (Å²) in [7, 11) is 0. The summed E-state index contributed by atoms with van der Waals surface area (Å²) >= 11 is 0. The molecule has 0 saturated carbocycles. The topological polar surface area (TPSA) is 13.1 Å². The molecule has 2 heterocycles. The van der Waals surface area contributed by atoms with Crippen molar-refractivity contribution in [2.24, 2.45) is 0 Å². The maximum Gasteiger partial charge on any atom is 0.0544 e. The quantitative estimate of drug-likeness (QED) is 0.162. The Hall–Kier alpha value is -8.40. The summed E-state index contributed by atoms with van der Waals surface area (Å²) in [6.07, 6.45) is 0. The molecule has 0 atom stereocenters. The van der Waals surface area contributed by atoms with E-state index in [4.69, 9.17) is 0 Å². The maximum absolute atomic E-state index is 2.47. The number of fused-ring (bicyclic) bond motifs is 12. The Morgan fingerprint density at radius 3 is 1.52 bits per heavy atom. The van der Waals surface area contributed by atoms with Gasteiger partial charge < -0.3 is 14.0 Å². The third-order valence-corrected chi connectivity index (χ3v) is 15.7. The Kier molecular flexibility index (Phi) is 8.38. The SMILES string of the molecule is CC1(C)c2ccccc2-c2cc3c4cc(-c5ccc(N(c6ccc(-n7c8ccccc8c8ccccc87)cc6)c6cccc7c6C(C)(C)c6ccccc6-7)cc5)ccc4n(-c4ccccc4)c3cc21. The van der Waals surface area contributed by atoms with Crippen LogP contribution >= 0.6 is 0 Å². The van der Waals surface area contributed by atoms with E-state index in [1.165, 1.54) is 111 Å². The lowest BCUT2D eigenvalue weighted by Gasteiger charge is -2.32. The molecule has 2 aromatic heterocycles. The smallest absolute Gasteiger partial charge is 0.0544 e. The summed E-state index contributed by atoms with van der Waals surface area (Å²) in [5.41, 5.74) is 23.5. The van der Waals surface area contributed by atoms with Crippen LogP contribution in [0.25, 0.3) is 88.4 Å².